The van der Waals surface area contributed by atoms with Crippen molar-refractivity contribution in [1.82, 2.24) is 0 Å². The quantitative estimate of drug-likeness (QED) is 0.212. The molecule has 1 aliphatic carbocycles. The minimum absolute atomic E-state index is 0.000562. The topological polar surface area (TPSA) is 17.0 Å². The van der Waals surface area contributed by atoms with Crippen molar-refractivity contribution in [2.75, 3.05) is 0 Å². The summed E-state index contributed by atoms with van der Waals surface area (Å²) in [4.78, 5) is 0. The molecule has 0 N–H and O–H groups in total. The van der Waals surface area contributed by atoms with Crippen molar-refractivity contribution >= 4 is 21.9 Å². The molecule has 0 amide bonds. The average molecular weight is 521 g/mol. The molecule has 0 fully saturated rings. The molecule has 3 heteroatoms. The largest absolute Gasteiger partial charge is 0.454 e. The monoisotopic (exact) mass is 520 g/mol. The van der Waals surface area contributed by atoms with E-state index in [1.54, 1.807) is 6.07 Å². The molecule has 6 rings (SSSR count). The first kappa shape index (κ1) is 25.8. The van der Waals surface area contributed by atoms with Crippen LogP contribution in [-0.2, 0) is 23.3 Å². The van der Waals surface area contributed by atoms with Crippen LogP contribution in [0.5, 0.6) is 0 Å². The zero-order valence-electron chi connectivity index (χ0n) is 24.7. The highest BCUT2D eigenvalue weighted by Gasteiger charge is 2.45. The van der Waals surface area contributed by atoms with Crippen molar-refractivity contribution in [2.45, 2.75) is 78.1 Å². The van der Waals surface area contributed by atoms with E-state index in [0.29, 0.717) is 11.1 Å². The van der Waals surface area contributed by atoms with Gasteiger partial charge in [0.25, 0.3) is 0 Å². The van der Waals surface area contributed by atoms with Crippen LogP contribution < -0.4 is 4.57 Å². The summed E-state index contributed by atoms with van der Waals surface area (Å²) in [5, 5.41) is 1.95. The number of nitrogens with zero attached hydrogens (tertiary/aromatic N) is 1. The van der Waals surface area contributed by atoms with Gasteiger partial charge in [0.2, 0.25) is 5.69 Å². The number of halogens is 1. The van der Waals surface area contributed by atoms with Gasteiger partial charge >= 0.3 is 0 Å². The molecule has 1 aliphatic rings. The fraction of sp³-hybridized carbons (Fsp3) is 0.361. The molecule has 0 atom stereocenters. The van der Waals surface area contributed by atoms with Gasteiger partial charge in [0.15, 0.2) is 6.20 Å². The second-order valence-corrected chi connectivity index (χ2v) is 13.9. The second-order valence-electron chi connectivity index (χ2n) is 13.9. The van der Waals surface area contributed by atoms with Gasteiger partial charge in [-0.25, -0.2) is 8.96 Å². The molecule has 200 valence electrons. The van der Waals surface area contributed by atoms with Gasteiger partial charge in [0.05, 0.1) is 11.1 Å². The number of benzene rings is 3. The van der Waals surface area contributed by atoms with Gasteiger partial charge in [-0.1, -0.05) is 72.7 Å². The van der Waals surface area contributed by atoms with Crippen molar-refractivity contribution in [3.8, 4) is 22.4 Å². The maximum Gasteiger partial charge on any atom is 0.216 e. The molecule has 0 bridgehead atoms. The molecule has 2 nitrogen and oxygen atoms in total. The predicted molar refractivity (Wildman–Crippen MR) is 160 cm³/mol. The Kier molecular flexibility index (Phi) is 5.47. The van der Waals surface area contributed by atoms with Gasteiger partial charge in [0, 0.05) is 22.9 Å². The lowest BCUT2D eigenvalue weighted by Gasteiger charge is -2.30. The third-order valence-electron chi connectivity index (χ3n) is 8.80. The molecule has 39 heavy (non-hydrogen) atoms. The molecule has 0 saturated carbocycles. The standard InChI is InChI=1S/C36H39FNO/c1-21-13-14-23-24-15-16-27(37)30(33(24)39-32(23)29(21)28-12-10-11-17-38(28)9)22-18-25(34(2,3)4)31-26(19-22)35(5,6)20-36(31,7)8/h10-19H,20H2,1-9H3/q+1. The summed E-state index contributed by atoms with van der Waals surface area (Å²) in [6.45, 7) is 18.2. The molecule has 0 aliphatic heterocycles. The van der Waals surface area contributed by atoms with E-state index in [1.165, 1.54) is 16.7 Å². The number of furan rings is 1. The van der Waals surface area contributed by atoms with E-state index in [0.717, 1.165) is 45.2 Å². The van der Waals surface area contributed by atoms with Crippen LogP contribution in [0.4, 0.5) is 4.39 Å². The van der Waals surface area contributed by atoms with Crippen molar-refractivity contribution in [3.05, 3.63) is 88.9 Å². The van der Waals surface area contributed by atoms with Gasteiger partial charge in [0.1, 0.15) is 24.0 Å². The van der Waals surface area contributed by atoms with E-state index in [9.17, 15) is 0 Å². The van der Waals surface area contributed by atoms with E-state index in [1.807, 2.05) is 31.4 Å². The van der Waals surface area contributed by atoms with Gasteiger partial charge in [-0.05, 0) is 75.6 Å². The Morgan fingerprint density at radius 3 is 2.18 bits per heavy atom. The molecule has 0 radical (unpaired) electrons. The normalized spacial score (nSPS) is 16.3. The summed E-state index contributed by atoms with van der Waals surface area (Å²) in [6, 6.07) is 18.4. The van der Waals surface area contributed by atoms with E-state index >= 15 is 4.39 Å². The summed E-state index contributed by atoms with van der Waals surface area (Å²) >= 11 is 0. The van der Waals surface area contributed by atoms with Crippen LogP contribution in [0.25, 0.3) is 44.3 Å². The minimum atomic E-state index is -0.250. The Labute approximate surface area is 231 Å². The smallest absolute Gasteiger partial charge is 0.216 e. The van der Waals surface area contributed by atoms with Crippen molar-refractivity contribution in [1.29, 1.82) is 0 Å². The molecule has 0 unspecified atom stereocenters. The van der Waals surface area contributed by atoms with E-state index in [4.69, 9.17) is 4.42 Å². The number of hydrogen-bond donors (Lipinski definition) is 0. The van der Waals surface area contributed by atoms with Crippen LogP contribution in [0.2, 0.25) is 0 Å². The summed E-state index contributed by atoms with van der Waals surface area (Å²) in [7, 11) is 2.04. The lowest BCUT2D eigenvalue weighted by atomic mass is 9.74. The zero-order chi connectivity index (χ0) is 28.1. The molecule has 0 spiro atoms. The lowest BCUT2D eigenvalue weighted by molar-refractivity contribution is -0.660. The molecule has 2 heterocycles. The minimum Gasteiger partial charge on any atom is -0.454 e. The first-order chi connectivity index (χ1) is 18.2. The second kappa shape index (κ2) is 8.27. The van der Waals surface area contributed by atoms with Crippen molar-refractivity contribution < 1.29 is 13.4 Å². The highest BCUT2D eigenvalue weighted by Crippen LogP contribution is 2.54. The Hall–Kier alpha value is -3.46. The number of fused-ring (bicyclic) bond motifs is 4. The predicted octanol–water partition coefficient (Wildman–Crippen LogP) is 9.45. The number of aryl methyl sites for hydroxylation is 2. The Bertz CT molecular complexity index is 1800. The molecule has 3 aromatic carbocycles. The van der Waals surface area contributed by atoms with Crippen LogP contribution in [0.15, 0.2) is 65.2 Å². The molecular formula is C36H39FNO+. The van der Waals surface area contributed by atoms with Crippen LogP contribution in [0.1, 0.15) is 77.1 Å². The van der Waals surface area contributed by atoms with Crippen LogP contribution in [0, 0.1) is 12.7 Å². The zero-order valence-corrected chi connectivity index (χ0v) is 24.7. The summed E-state index contributed by atoms with van der Waals surface area (Å²) in [6.07, 6.45) is 3.11. The van der Waals surface area contributed by atoms with E-state index in [2.05, 4.69) is 90.3 Å². The van der Waals surface area contributed by atoms with Gasteiger partial charge in [-0.2, -0.15) is 0 Å². The van der Waals surface area contributed by atoms with Crippen molar-refractivity contribution in [3.63, 3.8) is 0 Å². The average Bonchev–Trinajstić information content (AvgIpc) is 3.29. The first-order valence-electron chi connectivity index (χ1n) is 14.0. The number of hydrogen-bond acceptors (Lipinski definition) is 1. The third-order valence-corrected chi connectivity index (χ3v) is 8.80. The summed E-state index contributed by atoms with van der Waals surface area (Å²) in [5.41, 5.74) is 10.1. The Balaban J connectivity index is 1.71. The SMILES string of the molecule is Cc1ccc2c(oc3c(-c4cc(C(C)(C)C)c5c(c4)C(C)(C)CC5(C)C)c(F)ccc32)c1-c1cccc[n+]1C. The maximum atomic E-state index is 16.0. The van der Waals surface area contributed by atoms with Crippen molar-refractivity contribution in [2.24, 2.45) is 7.05 Å². The van der Waals surface area contributed by atoms with Crippen LogP contribution >= 0.6 is 0 Å². The molecular weight excluding hydrogens is 481 g/mol. The molecule has 5 aromatic rings. The highest BCUT2D eigenvalue weighted by atomic mass is 19.1. The van der Waals surface area contributed by atoms with E-state index in [-0.39, 0.29) is 22.1 Å². The molecule has 0 saturated heterocycles. The summed E-state index contributed by atoms with van der Waals surface area (Å²) in [5.74, 6) is -0.250. The highest BCUT2D eigenvalue weighted by molar-refractivity contribution is 6.13. The fourth-order valence-electron chi connectivity index (χ4n) is 7.28. The maximum absolute atomic E-state index is 16.0. The Morgan fingerprint density at radius 2 is 1.51 bits per heavy atom. The van der Waals surface area contributed by atoms with Crippen LogP contribution in [0.3, 0.4) is 0 Å². The van der Waals surface area contributed by atoms with E-state index < -0.39 is 0 Å². The number of rotatable bonds is 2. The number of pyridine rings is 1. The van der Waals surface area contributed by atoms with Crippen LogP contribution in [-0.4, -0.2) is 0 Å². The first-order valence-corrected chi connectivity index (χ1v) is 14.0. The van der Waals surface area contributed by atoms with Gasteiger partial charge in [-0.3, -0.25) is 0 Å². The van der Waals surface area contributed by atoms with Gasteiger partial charge in [-0.15, -0.1) is 0 Å². The number of aromatic nitrogens is 1. The molecule has 2 aromatic heterocycles. The summed E-state index contributed by atoms with van der Waals surface area (Å²) < 4.78 is 24.8. The Morgan fingerprint density at radius 1 is 0.846 bits per heavy atom. The fourth-order valence-corrected chi connectivity index (χ4v) is 7.28. The third kappa shape index (κ3) is 3.84. The van der Waals surface area contributed by atoms with Gasteiger partial charge < -0.3 is 4.42 Å². The lowest BCUT2D eigenvalue weighted by Crippen LogP contribution is -2.30.